The number of aliphatic hydroxyl groups is 1. The quantitative estimate of drug-likeness (QED) is 0.845. The summed E-state index contributed by atoms with van der Waals surface area (Å²) in [5.74, 6) is -2.63. The molecule has 1 aromatic carbocycles. The molecule has 0 unspecified atom stereocenters. The largest absolute Gasteiger partial charge is 0.462 e. The van der Waals surface area contributed by atoms with Crippen molar-refractivity contribution in [1.82, 2.24) is 0 Å². The van der Waals surface area contributed by atoms with E-state index in [1.54, 1.807) is 31.2 Å². The number of ether oxygens (including phenoxy) is 3. The molecule has 3 fully saturated rings. The van der Waals surface area contributed by atoms with Crippen LogP contribution in [0.3, 0.4) is 0 Å². The normalized spacial score (nSPS) is 41.1. The number of esters is 1. The topological polar surface area (TPSA) is 82.1 Å². The maximum Gasteiger partial charge on any atom is 0.338 e. The van der Waals surface area contributed by atoms with E-state index in [1.807, 2.05) is 6.07 Å². The van der Waals surface area contributed by atoms with Crippen molar-refractivity contribution in [3.05, 3.63) is 35.9 Å². The van der Waals surface area contributed by atoms with Crippen molar-refractivity contribution in [2.45, 2.75) is 37.4 Å². The first kappa shape index (κ1) is 14.8. The third kappa shape index (κ3) is 2.13. The standard InChI is InChI=1S/C17H18O6/c1-16-8-13(18)11-7-17(16,20)23-15(22-16)12(11)9-21-14(19)10-5-3-2-4-6-10/h2-6,11-12,15,20H,7-9H2,1H3/t11-,12-,15+,16+,17-/m0/s1. The molecule has 23 heavy (non-hydrogen) atoms. The maximum atomic E-state index is 12.3. The molecule has 0 spiro atoms. The van der Waals surface area contributed by atoms with Gasteiger partial charge in [-0.25, -0.2) is 4.79 Å². The number of hydrogen-bond donors (Lipinski definition) is 1. The highest BCUT2D eigenvalue weighted by atomic mass is 16.8. The Morgan fingerprint density at radius 1 is 1.35 bits per heavy atom. The number of Topliss-reactive ketones (excluding diaryl/α,β-unsaturated/α-hetero) is 1. The van der Waals surface area contributed by atoms with Crippen LogP contribution in [-0.2, 0) is 19.0 Å². The molecule has 1 aromatic rings. The van der Waals surface area contributed by atoms with Gasteiger partial charge in [0, 0.05) is 18.8 Å². The van der Waals surface area contributed by atoms with Gasteiger partial charge in [0.1, 0.15) is 18.0 Å². The zero-order valence-corrected chi connectivity index (χ0v) is 12.7. The second-order valence-electron chi connectivity index (χ2n) is 6.70. The molecule has 6 heteroatoms. The third-order valence-corrected chi connectivity index (χ3v) is 5.22. The van der Waals surface area contributed by atoms with Crippen molar-refractivity contribution in [3.8, 4) is 0 Å². The number of ketones is 1. The monoisotopic (exact) mass is 318 g/mol. The molecule has 0 aromatic heterocycles. The first-order chi connectivity index (χ1) is 10.9. The second kappa shape index (κ2) is 4.87. The molecular weight excluding hydrogens is 300 g/mol. The molecule has 5 atom stereocenters. The lowest BCUT2D eigenvalue weighted by Crippen LogP contribution is -2.59. The molecule has 2 saturated heterocycles. The van der Waals surface area contributed by atoms with Crippen LogP contribution in [0.2, 0.25) is 0 Å². The van der Waals surface area contributed by atoms with Crippen molar-refractivity contribution >= 4 is 11.8 Å². The SMILES string of the molecule is C[C@@]12CC(=O)[C@H]3C[C@]1(O)O[C@@H](O2)[C@H]3COC(=O)c1ccccc1. The van der Waals surface area contributed by atoms with Crippen molar-refractivity contribution in [2.24, 2.45) is 11.8 Å². The summed E-state index contributed by atoms with van der Waals surface area (Å²) in [7, 11) is 0. The van der Waals surface area contributed by atoms with Gasteiger partial charge < -0.3 is 19.3 Å². The molecule has 1 N–H and O–H groups in total. The first-order valence-corrected chi connectivity index (χ1v) is 7.75. The molecule has 3 bridgehead atoms. The van der Waals surface area contributed by atoms with E-state index >= 15 is 0 Å². The highest BCUT2D eigenvalue weighted by molar-refractivity contribution is 5.89. The summed E-state index contributed by atoms with van der Waals surface area (Å²) in [6, 6.07) is 8.67. The number of carbonyl (C=O) groups excluding carboxylic acids is 2. The van der Waals surface area contributed by atoms with Crippen molar-refractivity contribution < 1.29 is 28.9 Å². The molecule has 4 rings (SSSR count). The van der Waals surface area contributed by atoms with E-state index < -0.39 is 29.6 Å². The van der Waals surface area contributed by atoms with Gasteiger partial charge in [-0.1, -0.05) is 18.2 Å². The van der Waals surface area contributed by atoms with Crippen LogP contribution >= 0.6 is 0 Å². The fraction of sp³-hybridized carbons (Fsp3) is 0.529. The van der Waals surface area contributed by atoms with Crippen LogP contribution in [0, 0.1) is 11.8 Å². The Morgan fingerprint density at radius 2 is 2.09 bits per heavy atom. The summed E-state index contributed by atoms with van der Waals surface area (Å²) in [6.07, 6.45) is -0.418. The number of fused-ring (bicyclic) bond motifs is 2. The fourth-order valence-corrected chi connectivity index (χ4v) is 3.79. The van der Waals surface area contributed by atoms with Gasteiger partial charge in [-0.3, -0.25) is 4.79 Å². The third-order valence-electron chi connectivity index (χ3n) is 5.22. The van der Waals surface area contributed by atoms with Gasteiger partial charge >= 0.3 is 5.97 Å². The van der Waals surface area contributed by atoms with Gasteiger partial charge in [0.25, 0.3) is 0 Å². The van der Waals surface area contributed by atoms with E-state index in [0.717, 1.165) is 0 Å². The summed E-state index contributed by atoms with van der Waals surface area (Å²) >= 11 is 0. The van der Waals surface area contributed by atoms with Crippen LogP contribution < -0.4 is 0 Å². The minimum atomic E-state index is -1.42. The van der Waals surface area contributed by atoms with E-state index in [4.69, 9.17) is 14.2 Å². The Bertz CT molecular complexity index is 658. The maximum absolute atomic E-state index is 12.3. The van der Waals surface area contributed by atoms with Gasteiger partial charge in [0.2, 0.25) is 0 Å². The number of carbonyl (C=O) groups is 2. The van der Waals surface area contributed by atoms with E-state index in [1.165, 1.54) is 0 Å². The highest BCUT2D eigenvalue weighted by Gasteiger charge is 2.69. The lowest BCUT2D eigenvalue weighted by molar-refractivity contribution is -0.271. The Hall–Kier alpha value is -1.76. The molecule has 0 radical (unpaired) electrons. The zero-order valence-electron chi connectivity index (χ0n) is 12.7. The van der Waals surface area contributed by atoms with Crippen molar-refractivity contribution in [1.29, 1.82) is 0 Å². The van der Waals surface area contributed by atoms with Crippen LogP contribution in [0.15, 0.2) is 30.3 Å². The van der Waals surface area contributed by atoms with Crippen LogP contribution in [0.5, 0.6) is 0 Å². The van der Waals surface area contributed by atoms with Crippen LogP contribution in [0.25, 0.3) is 0 Å². The summed E-state index contributed by atoms with van der Waals surface area (Å²) in [4.78, 5) is 24.4. The summed E-state index contributed by atoms with van der Waals surface area (Å²) in [5, 5.41) is 10.6. The summed E-state index contributed by atoms with van der Waals surface area (Å²) in [6.45, 7) is 1.72. The second-order valence-corrected chi connectivity index (χ2v) is 6.70. The van der Waals surface area contributed by atoms with Gasteiger partial charge in [-0.2, -0.15) is 0 Å². The number of hydrogen-bond acceptors (Lipinski definition) is 6. The Labute approximate surface area is 133 Å². The summed E-state index contributed by atoms with van der Waals surface area (Å²) < 4.78 is 16.8. The first-order valence-electron chi connectivity index (χ1n) is 7.75. The van der Waals surface area contributed by atoms with E-state index in [0.29, 0.717) is 5.56 Å². The van der Waals surface area contributed by atoms with Crippen molar-refractivity contribution in [3.63, 3.8) is 0 Å². The van der Waals surface area contributed by atoms with Crippen LogP contribution in [0.1, 0.15) is 30.1 Å². The van der Waals surface area contributed by atoms with Crippen LogP contribution in [-0.4, -0.2) is 41.1 Å². The average Bonchev–Trinajstić information content (AvgIpc) is 2.69. The highest BCUT2D eigenvalue weighted by Crippen LogP contribution is 2.56. The predicted molar refractivity (Wildman–Crippen MR) is 77.3 cm³/mol. The summed E-state index contributed by atoms with van der Waals surface area (Å²) in [5.41, 5.74) is -0.556. The fourth-order valence-electron chi connectivity index (χ4n) is 3.79. The molecule has 122 valence electrons. The molecule has 1 aliphatic carbocycles. The van der Waals surface area contributed by atoms with E-state index in [-0.39, 0.29) is 31.1 Å². The molecule has 2 heterocycles. The van der Waals surface area contributed by atoms with Crippen LogP contribution in [0.4, 0.5) is 0 Å². The Balaban J connectivity index is 1.50. The minimum Gasteiger partial charge on any atom is -0.462 e. The predicted octanol–water partition coefficient (Wildman–Crippen LogP) is 1.27. The Morgan fingerprint density at radius 3 is 2.83 bits per heavy atom. The van der Waals surface area contributed by atoms with Gasteiger partial charge in [0.15, 0.2) is 12.1 Å². The van der Waals surface area contributed by atoms with E-state index in [2.05, 4.69) is 0 Å². The molecule has 1 saturated carbocycles. The molecular formula is C17H18O6. The lowest BCUT2D eigenvalue weighted by Gasteiger charge is -2.44. The molecule has 0 amide bonds. The van der Waals surface area contributed by atoms with Gasteiger partial charge in [0.05, 0.1) is 11.5 Å². The minimum absolute atomic E-state index is 0.0287. The smallest absolute Gasteiger partial charge is 0.338 e. The van der Waals surface area contributed by atoms with Gasteiger partial charge in [-0.15, -0.1) is 0 Å². The average molecular weight is 318 g/mol. The molecule has 3 aliphatic rings. The Kier molecular flexibility index (Phi) is 3.13. The molecule has 6 nitrogen and oxygen atoms in total. The van der Waals surface area contributed by atoms with E-state index in [9.17, 15) is 14.7 Å². The lowest BCUT2D eigenvalue weighted by atomic mass is 9.70. The number of benzene rings is 1. The zero-order chi connectivity index (χ0) is 16.2. The van der Waals surface area contributed by atoms with Crippen molar-refractivity contribution in [2.75, 3.05) is 6.61 Å². The number of rotatable bonds is 3. The molecule has 2 aliphatic heterocycles. The van der Waals surface area contributed by atoms with Gasteiger partial charge in [-0.05, 0) is 19.1 Å².